The standard InChI is InChI=1S/C29H24FN3O4S/c1-19(27(34)32-25-15-6-5-14-24(25)30)38-23-13-7-11-21(17-23)31-29(36)26(18-22-12-8-16-37-22)33-28(35)20-9-3-2-4-10-20/h2-19H,1H3,(H,31,36)(H,32,34)(H,33,35)/b26-18-. The maximum Gasteiger partial charge on any atom is 0.272 e. The van der Waals surface area contributed by atoms with E-state index in [4.69, 9.17) is 4.42 Å². The second-order valence-corrected chi connectivity index (χ2v) is 9.52. The van der Waals surface area contributed by atoms with Crippen molar-refractivity contribution in [2.45, 2.75) is 17.1 Å². The molecule has 0 radical (unpaired) electrons. The van der Waals surface area contributed by atoms with Crippen molar-refractivity contribution >= 4 is 46.9 Å². The lowest BCUT2D eigenvalue weighted by atomic mass is 10.2. The van der Waals surface area contributed by atoms with E-state index in [1.807, 2.05) is 0 Å². The van der Waals surface area contributed by atoms with Crippen LogP contribution in [-0.4, -0.2) is 23.0 Å². The lowest BCUT2D eigenvalue weighted by Gasteiger charge is -2.14. The van der Waals surface area contributed by atoms with Crippen molar-refractivity contribution in [1.82, 2.24) is 5.32 Å². The molecule has 4 aromatic rings. The van der Waals surface area contributed by atoms with Gasteiger partial charge in [-0.15, -0.1) is 11.8 Å². The second-order valence-electron chi connectivity index (χ2n) is 8.10. The van der Waals surface area contributed by atoms with Gasteiger partial charge in [0.05, 0.1) is 17.2 Å². The Bertz CT molecular complexity index is 1460. The van der Waals surface area contributed by atoms with Crippen LogP contribution in [0.5, 0.6) is 0 Å². The van der Waals surface area contributed by atoms with Crippen LogP contribution in [0, 0.1) is 5.82 Å². The summed E-state index contributed by atoms with van der Waals surface area (Å²) < 4.78 is 19.2. The third kappa shape index (κ3) is 7.21. The SMILES string of the molecule is CC(Sc1cccc(NC(=O)/C(=C/c2ccco2)NC(=O)c2ccccc2)c1)C(=O)Nc1ccccc1F. The van der Waals surface area contributed by atoms with Crippen LogP contribution in [0.4, 0.5) is 15.8 Å². The second kappa shape index (κ2) is 12.6. The van der Waals surface area contributed by atoms with E-state index in [2.05, 4.69) is 16.0 Å². The van der Waals surface area contributed by atoms with Gasteiger partial charge >= 0.3 is 0 Å². The summed E-state index contributed by atoms with van der Waals surface area (Å²) in [6, 6.07) is 24.7. The average molecular weight is 530 g/mol. The van der Waals surface area contributed by atoms with Gasteiger partial charge in [0.2, 0.25) is 5.91 Å². The molecule has 0 spiro atoms. The number of carbonyl (C=O) groups excluding carboxylic acids is 3. The zero-order chi connectivity index (χ0) is 26.9. The number of para-hydroxylation sites is 1. The molecule has 1 atom stereocenters. The quantitative estimate of drug-likeness (QED) is 0.184. The molecule has 0 aliphatic heterocycles. The lowest BCUT2D eigenvalue weighted by molar-refractivity contribution is -0.115. The van der Waals surface area contributed by atoms with Crippen LogP contribution in [0.3, 0.4) is 0 Å². The van der Waals surface area contributed by atoms with E-state index in [1.54, 1.807) is 85.8 Å². The first-order valence-corrected chi connectivity index (χ1v) is 12.5. The van der Waals surface area contributed by atoms with Crippen LogP contribution in [0.15, 0.2) is 112 Å². The Morgan fingerprint density at radius 2 is 1.66 bits per heavy atom. The molecular formula is C29H24FN3O4S. The molecule has 192 valence electrons. The van der Waals surface area contributed by atoms with Crippen LogP contribution in [-0.2, 0) is 9.59 Å². The minimum absolute atomic E-state index is 0.00973. The van der Waals surface area contributed by atoms with Crippen molar-refractivity contribution in [1.29, 1.82) is 0 Å². The van der Waals surface area contributed by atoms with E-state index in [-0.39, 0.29) is 17.3 Å². The third-order valence-electron chi connectivity index (χ3n) is 5.26. The van der Waals surface area contributed by atoms with Gasteiger partial charge < -0.3 is 20.4 Å². The minimum Gasteiger partial charge on any atom is -0.465 e. The summed E-state index contributed by atoms with van der Waals surface area (Å²) in [5.74, 6) is -1.49. The van der Waals surface area contributed by atoms with Crippen LogP contribution >= 0.6 is 11.8 Å². The first-order valence-electron chi connectivity index (χ1n) is 11.6. The maximum atomic E-state index is 13.9. The molecule has 0 aliphatic rings. The molecule has 3 amide bonds. The van der Waals surface area contributed by atoms with E-state index < -0.39 is 22.9 Å². The summed E-state index contributed by atoms with van der Waals surface area (Å²) in [6.07, 6.45) is 2.90. The third-order valence-corrected chi connectivity index (χ3v) is 6.36. The zero-order valence-corrected chi connectivity index (χ0v) is 21.1. The van der Waals surface area contributed by atoms with Gasteiger partial charge in [-0.3, -0.25) is 14.4 Å². The molecule has 3 aromatic carbocycles. The molecule has 7 nitrogen and oxygen atoms in total. The molecule has 1 aromatic heterocycles. The summed E-state index contributed by atoms with van der Waals surface area (Å²) in [4.78, 5) is 39.1. The van der Waals surface area contributed by atoms with Gasteiger partial charge in [0.1, 0.15) is 17.3 Å². The highest BCUT2D eigenvalue weighted by Gasteiger charge is 2.18. The van der Waals surface area contributed by atoms with Crippen LogP contribution in [0.2, 0.25) is 0 Å². The molecule has 0 saturated carbocycles. The summed E-state index contributed by atoms with van der Waals surface area (Å²) in [6.45, 7) is 1.70. The Morgan fingerprint density at radius 1 is 0.895 bits per heavy atom. The molecule has 38 heavy (non-hydrogen) atoms. The lowest BCUT2D eigenvalue weighted by Crippen LogP contribution is -2.30. The average Bonchev–Trinajstić information content (AvgIpc) is 3.43. The summed E-state index contributed by atoms with van der Waals surface area (Å²) >= 11 is 1.25. The molecule has 1 heterocycles. The highest BCUT2D eigenvalue weighted by Crippen LogP contribution is 2.27. The molecule has 1 unspecified atom stereocenters. The summed E-state index contributed by atoms with van der Waals surface area (Å²) in [5, 5.41) is 7.46. The van der Waals surface area contributed by atoms with E-state index >= 15 is 0 Å². The molecule has 4 rings (SSSR count). The number of amides is 3. The largest absolute Gasteiger partial charge is 0.465 e. The number of carbonyl (C=O) groups is 3. The highest BCUT2D eigenvalue weighted by molar-refractivity contribution is 8.00. The zero-order valence-electron chi connectivity index (χ0n) is 20.3. The predicted molar refractivity (Wildman–Crippen MR) is 146 cm³/mol. The number of halogens is 1. The van der Waals surface area contributed by atoms with Gasteiger partial charge in [0, 0.05) is 22.2 Å². The van der Waals surface area contributed by atoms with Gasteiger partial charge in [0.15, 0.2) is 0 Å². The molecule has 0 saturated heterocycles. The van der Waals surface area contributed by atoms with Gasteiger partial charge in [-0.2, -0.15) is 0 Å². The predicted octanol–water partition coefficient (Wildman–Crippen LogP) is 5.95. The Kier molecular flexibility index (Phi) is 8.73. The van der Waals surface area contributed by atoms with E-state index in [1.165, 1.54) is 36.2 Å². The topological polar surface area (TPSA) is 100 Å². The summed E-state index contributed by atoms with van der Waals surface area (Å²) in [5.41, 5.74) is 0.955. The Labute approximate surface area is 223 Å². The number of anilines is 2. The van der Waals surface area contributed by atoms with E-state index in [0.29, 0.717) is 21.9 Å². The Hall–Kier alpha value is -4.63. The number of hydrogen-bond acceptors (Lipinski definition) is 5. The first-order chi connectivity index (χ1) is 18.4. The fraction of sp³-hybridized carbons (Fsp3) is 0.0690. The number of nitrogens with one attached hydrogen (secondary N) is 3. The van der Waals surface area contributed by atoms with Crippen molar-refractivity contribution < 1.29 is 23.2 Å². The number of rotatable bonds is 9. The molecular weight excluding hydrogens is 505 g/mol. The molecule has 3 N–H and O–H groups in total. The van der Waals surface area contributed by atoms with Gasteiger partial charge in [-0.1, -0.05) is 36.4 Å². The molecule has 0 fully saturated rings. The van der Waals surface area contributed by atoms with Gasteiger partial charge in [-0.05, 0) is 61.5 Å². The molecule has 0 aliphatic carbocycles. The Morgan fingerprint density at radius 3 is 2.39 bits per heavy atom. The molecule has 9 heteroatoms. The van der Waals surface area contributed by atoms with Crippen LogP contribution in [0.1, 0.15) is 23.0 Å². The van der Waals surface area contributed by atoms with Crippen molar-refractivity contribution in [2.24, 2.45) is 0 Å². The monoisotopic (exact) mass is 529 g/mol. The summed E-state index contributed by atoms with van der Waals surface area (Å²) in [7, 11) is 0. The fourth-order valence-electron chi connectivity index (χ4n) is 3.36. The van der Waals surface area contributed by atoms with Crippen molar-refractivity contribution in [3.8, 4) is 0 Å². The first kappa shape index (κ1) is 26.4. The van der Waals surface area contributed by atoms with Gasteiger partial charge in [0.25, 0.3) is 11.8 Å². The fourth-order valence-corrected chi connectivity index (χ4v) is 4.28. The number of hydrogen-bond donors (Lipinski definition) is 3. The van der Waals surface area contributed by atoms with Crippen molar-refractivity contribution in [2.75, 3.05) is 10.6 Å². The van der Waals surface area contributed by atoms with Crippen molar-refractivity contribution in [3.05, 3.63) is 120 Å². The minimum atomic E-state index is -0.557. The smallest absolute Gasteiger partial charge is 0.272 e. The van der Waals surface area contributed by atoms with Crippen LogP contribution in [0.25, 0.3) is 6.08 Å². The van der Waals surface area contributed by atoms with E-state index in [9.17, 15) is 18.8 Å². The molecule has 0 bridgehead atoms. The highest BCUT2D eigenvalue weighted by atomic mass is 32.2. The normalized spacial score (nSPS) is 11.9. The van der Waals surface area contributed by atoms with Crippen molar-refractivity contribution in [3.63, 3.8) is 0 Å². The van der Waals surface area contributed by atoms with Crippen LogP contribution < -0.4 is 16.0 Å². The number of benzene rings is 3. The number of thioether (sulfide) groups is 1. The Balaban J connectivity index is 1.45. The number of furan rings is 1. The maximum absolute atomic E-state index is 13.9. The van der Waals surface area contributed by atoms with Gasteiger partial charge in [-0.25, -0.2) is 4.39 Å². The van der Waals surface area contributed by atoms with E-state index in [0.717, 1.165) is 0 Å².